The first-order valence-corrected chi connectivity index (χ1v) is 5.68. The molecule has 0 spiro atoms. The quantitative estimate of drug-likeness (QED) is 0.380. The molecule has 5 heteroatoms. The second-order valence-corrected chi connectivity index (χ2v) is 4.37. The third-order valence-corrected chi connectivity index (χ3v) is 3.02. The second kappa shape index (κ2) is 3.91. The zero-order valence-corrected chi connectivity index (χ0v) is 10.0. The Hall–Kier alpha value is -2.69. The molecule has 0 aliphatic carbocycles. The predicted octanol–water partition coefficient (Wildman–Crippen LogP) is 3.16. The zero-order valence-electron chi connectivity index (χ0n) is 10.0. The van der Waals surface area contributed by atoms with Gasteiger partial charge in [-0.3, -0.25) is 14.9 Å². The van der Waals surface area contributed by atoms with Crippen molar-refractivity contribution in [2.45, 2.75) is 6.92 Å². The lowest BCUT2D eigenvalue weighted by atomic mass is 10.1. The van der Waals surface area contributed by atoms with Crippen molar-refractivity contribution in [3.63, 3.8) is 0 Å². The number of non-ortho nitro benzene ring substituents is 1. The summed E-state index contributed by atoms with van der Waals surface area (Å²) in [6, 6.07) is 9.33. The van der Waals surface area contributed by atoms with E-state index in [0.717, 1.165) is 5.56 Å². The molecule has 19 heavy (non-hydrogen) atoms. The van der Waals surface area contributed by atoms with E-state index in [1.165, 1.54) is 18.2 Å². The standard InChI is InChI=1S/C14H9NO4/c1-8-2-4-12-10(6-8)14(16)11-7-9(15(17)18)3-5-13(11)19-12/h2-7H,1H3. The Kier molecular flexibility index (Phi) is 2.35. The Balaban J connectivity index is 2.48. The van der Waals surface area contributed by atoms with Crippen molar-refractivity contribution in [2.24, 2.45) is 0 Å². The van der Waals surface area contributed by atoms with Crippen LogP contribution in [0.3, 0.4) is 0 Å². The number of benzene rings is 2. The lowest BCUT2D eigenvalue weighted by Crippen LogP contribution is -2.03. The molecule has 0 fully saturated rings. The highest BCUT2D eigenvalue weighted by Crippen LogP contribution is 2.23. The lowest BCUT2D eigenvalue weighted by Gasteiger charge is -2.02. The van der Waals surface area contributed by atoms with Gasteiger partial charge in [0.1, 0.15) is 11.2 Å². The van der Waals surface area contributed by atoms with E-state index in [1.807, 2.05) is 13.0 Å². The Morgan fingerprint density at radius 1 is 1.05 bits per heavy atom. The summed E-state index contributed by atoms with van der Waals surface area (Å²) in [6.07, 6.45) is 0. The van der Waals surface area contributed by atoms with Gasteiger partial charge in [0.15, 0.2) is 0 Å². The largest absolute Gasteiger partial charge is 0.456 e. The highest BCUT2D eigenvalue weighted by molar-refractivity contribution is 5.90. The van der Waals surface area contributed by atoms with Gasteiger partial charge >= 0.3 is 0 Å². The fourth-order valence-corrected chi connectivity index (χ4v) is 2.07. The van der Waals surface area contributed by atoms with Gasteiger partial charge in [0, 0.05) is 12.1 Å². The maximum Gasteiger partial charge on any atom is 0.270 e. The highest BCUT2D eigenvalue weighted by Gasteiger charge is 2.12. The van der Waals surface area contributed by atoms with E-state index in [-0.39, 0.29) is 16.5 Å². The summed E-state index contributed by atoms with van der Waals surface area (Å²) in [5.74, 6) is 0. The molecule has 0 aliphatic rings. The van der Waals surface area contributed by atoms with E-state index in [9.17, 15) is 14.9 Å². The van der Waals surface area contributed by atoms with E-state index in [4.69, 9.17) is 4.42 Å². The van der Waals surface area contributed by atoms with Crippen LogP contribution < -0.4 is 5.43 Å². The molecule has 0 N–H and O–H groups in total. The molecule has 0 saturated carbocycles. The summed E-state index contributed by atoms with van der Waals surface area (Å²) >= 11 is 0. The third kappa shape index (κ3) is 1.76. The molecule has 2 aromatic carbocycles. The van der Waals surface area contributed by atoms with Gasteiger partial charge in [0.2, 0.25) is 5.43 Å². The van der Waals surface area contributed by atoms with E-state index in [0.29, 0.717) is 16.6 Å². The maximum atomic E-state index is 12.3. The van der Waals surface area contributed by atoms with E-state index < -0.39 is 4.92 Å². The number of nitro benzene ring substituents is 1. The first kappa shape index (κ1) is 11.4. The molecule has 0 amide bonds. The van der Waals surface area contributed by atoms with E-state index in [1.54, 1.807) is 12.1 Å². The van der Waals surface area contributed by atoms with Gasteiger partial charge in [-0.15, -0.1) is 0 Å². The van der Waals surface area contributed by atoms with Crippen molar-refractivity contribution in [3.8, 4) is 0 Å². The van der Waals surface area contributed by atoms with Crippen molar-refractivity contribution >= 4 is 27.6 Å². The molecular formula is C14H9NO4. The molecule has 0 unspecified atom stereocenters. The van der Waals surface area contributed by atoms with Gasteiger partial charge in [-0.2, -0.15) is 0 Å². The first-order valence-electron chi connectivity index (χ1n) is 5.68. The fraction of sp³-hybridized carbons (Fsp3) is 0.0714. The van der Waals surface area contributed by atoms with Crippen LogP contribution in [0, 0.1) is 17.0 Å². The van der Waals surface area contributed by atoms with Crippen molar-refractivity contribution in [3.05, 3.63) is 62.3 Å². The van der Waals surface area contributed by atoms with Gasteiger partial charge in [-0.25, -0.2) is 0 Å². The van der Waals surface area contributed by atoms with Crippen LogP contribution in [-0.4, -0.2) is 4.92 Å². The van der Waals surface area contributed by atoms with Gasteiger partial charge in [-0.05, 0) is 25.1 Å². The van der Waals surface area contributed by atoms with Crippen LogP contribution in [-0.2, 0) is 0 Å². The summed E-state index contributed by atoms with van der Waals surface area (Å²) in [6.45, 7) is 1.87. The Morgan fingerprint density at radius 2 is 1.68 bits per heavy atom. The van der Waals surface area contributed by atoms with Crippen molar-refractivity contribution in [2.75, 3.05) is 0 Å². The first-order chi connectivity index (χ1) is 9.06. The van der Waals surface area contributed by atoms with Crippen LogP contribution in [0.15, 0.2) is 45.6 Å². The van der Waals surface area contributed by atoms with Crippen molar-refractivity contribution in [1.29, 1.82) is 0 Å². The number of aryl methyl sites for hydroxylation is 1. The molecule has 3 aromatic rings. The summed E-state index contributed by atoms with van der Waals surface area (Å²) in [4.78, 5) is 22.6. The third-order valence-electron chi connectivity index (χ3n) is 3.02. The number of hydrogen-bond donors (Lipinski definition) is 0. The summed E-state index contributed by atoms with van der Waals surface area (Å²) in [5.41, 5.74) is 1.41. The van der Waals surface area contributed by atoms with Crippen LogP contribution in [0.25, 0.3) is 21.9 Å². The summed E-state index contributed by atoms with van der Waals surface area (Å²) < 4.78 is 5.59. The lowest BCUT2D eigenvalue weighted by molar-refractivity contribution is -0.384. The van der Waals surface area contributed by atoms with E-state index in [2.05, 4.69) is 0 Å². The van der Waals surface area contributed by atoms with Crippen LogP contribution in [0.2, 0.25) is 0 Å². The minimum Gasteiger partial charge on any atom is -0.456 e. The fourth-order valence-electron chi connectivity index (χ4n) is 2.07. The predicted molar refractivity (Wildman–Crippen MR) is 71.4 cm³/mol. The Labute approximate surface area is 107 Å². The average molecular weight is 255 g/mol. The average Bonchev–Trinajstić information content (AvgIpc) is 2.39. The molecule has 0 aliphatic heterocycles. The SMILES string of the molecule is Cc1ccc2oc3ccc([N+](=O)[O-])cc3c(=O)c2c1. The molecule has 1 heterocycles. The monoisotopic (exact) mass is 255 g/mol. The number of fused-ring (bicyclic) bond motifs is 2. The molecule has 0 radical (unpaired) electrons. The molecule has 0 bridgehead atoms. The van der Waals surface area contributed by atoms with Crippen LogP contribution in [0.5, 0.6) is 0 Å². The molecular weight excluding hydrogens is 246 g/mol. The van der Waals surface area contributed by atoms with E-state index >= 15 is 0 Å². The van der Waals surface area contributed by atoms with Gasteiger partial charge in [0.25, 0.3) is 5.69 Å². The Morgan fingerprint density at radius 3 is 2.37 bits per heavy atom. The van der Waals surface area contributed by atoms with Crippen LogP contribution in [0.1, 0.15) is 5.56 Å². The zero-order chi connectivity index (χ0) is 13.6. The number of hydrogen-bond acceptors (Lipinski definition) is 4. The summed E-state index contributed by atoms with van der Waals surface area (Å²) in [7, 11) is 0. The van der Waals surface area contributed by atoms with Gasteiger partial charge in [-0.1, -0.05) is 11.6 Å². The molecule has 0 atom stereocenters. The minimum absolute atomic E-state index is 0.119. The number of nitro groups is 1. The van der Waals surface area contributed by atoms with Gasteiger partial charge in [0.05, 0.1) is 15.7 Å². The number of nitrogens with zero attached hydrogens (tertiary/aromatic N) is 1. The topological polar surface area (TPSA) is 73.3 Å². The maximum absolute atomic E-state index is 12.3. The van der Waals surface area contributed by atoms with Crippen LogP contribution in [0.4, 0.5) is 5.69 Å². The number of rotatable bonds is 1. The van der Waals surface area contributed by atoms with Crippen molar-refractivity contribution < 1.29 is 9.34 Å². The summed E-state index contributed by atoms with van der Waals surface area (Å²) in [5, 5.41) is 11.4. The smallest absolute Gasteiger partial charge is 0.270 e. The van der Waals surface area contributed by atoms with Crippen LogP contribution >= 0.6 is 0 Å². The minimum atomic E-state index is -0.528. The van der Waals surface area contributed by atoms with Gasteiger partial charge < -0.3 is 4.42 Å². The highest BCUT2D eigenvalue weighted by atomic mass is 16.6. The second-order valence-electron chi connectivity index (χ2n) is 4.37. The molecule has 0 saturated heterocycles. The molecule has 94 valence electrons. The Bertz CT molecular complexity index is 880. The molecule has 3 rings (SSSR count). The molecule has 5 nitrogen and oxygen atoms in total. The van der Waals surface area contributed by atoms with Crippen molar-refractivity contribution in [1.82, 2.24) is 0 Å². The molecule has 1 aromatic heterocycles. The normalized spacial score (nSPS) is 11.0.